The number of aromatic hydroxyl groups is 1. The number of aromatic nitrogens is 2. The van der Waals surface area contributed by atoms with Crippen LogP contribution in [0.5, 0.6) is 5.75 Å². The van der Waals surface area contributed by atoms with Gasteiger partial charge in [0.1, 0.15) is 11.6 Å². The molecule has 0 atom stereocenters. The van der Waals surface area contributed by atoms with Crippen LogP contribution in [0, 0.1) is 5.82 Å². The SMILES string of the molecule is CN=C(NCc1ccc(-n2ccnc2)c(F)c1)N1CCN(c2ccccc2O)CC1.I. The minimum absolute atomic E-state index is 0. The Morgan fingerprint density at radius 1 is 1.13 bits per heavy atom. The van der Waals surface area contributed by atoms with Crippen molar-refractivity contribution in [3.05, 3.63) is 72.6 Å². The van der Waals surface area contributed by atoms with Crippen LogP contribution in [0.4, 0.5) is 10.1 Å². The van der Waals surface area contributed by atoms with Crippen molar-refractivity contribution in [2.24, 2.45) is 4.99 Å². The first-order chi connectivity index (χ1) is 14.7. The molecule has 1 aliphatic rings. The van der Waals surface area contributed by atoms with Gasteiger partial charge in [-0.1, -0.05) is 18.2 Å². The maximum atomic E-state index is 14.5. The number of imidazole rings is 1. The number of aliphatic imine (C=N–C) groups is 1. The van der Waals surface area contributed by atoms with Gasteiger partial charge in [0.2, 0.25) is 0 Å². The molecule has 0 spiro atoms. The summed E-state index contributed by atoms with van der Waals surface area (Å²) in [5.74, 6) is 0.791. The van der Waals surface area contributed by atoms with Crippen molar-refractivity contribution in [3.63, 3.8) is 0 Å². The van der Waals surface area contributed by atoms with E-state index in [1.54, 1.807) is 42.5 Å². The summed E-state index contributed by atoms with van der Waals surface area (Å²) < 4.78 is 16.1. The van der Waals surface area contributed by atoms with E-state index in [4.69, 9.17) is 0 Å². The van der Waals surface area contributed by atoms with E-state index in [0.717, 1.165) is 43.4 Å². The number of halogens is 2. The van der Waals surface area contributed by atoms with Crippen molar-refractivity contribution in [1.29, 1.82) is 0 Å². The topological polar surface area (TPSA) is 68.9 Å². The normalized spacial score (nSPS) is 14.3. The molecule has 1 fully saturated rings. The van der Waals surface area contributed by atoms with Gasteiger partial charge in [-0.15, -0.1) is 24.0 Å². The lowest BCUT2D eigenvalue weighted by molar-refractivity contribution is 0.369. The van der Waals surface area contributed by atoms with Crippen LogP contribution in [0.2, 0.25) is 0 Å². The summed E-state index contributed by atoms with van der Waals surface area (Å²) in [5, 5.41) is 13.4. The Kier molecular flexibility index (Phi) is 7.72. The Balaban J connectivity index is 0.00000272. The number of benzene rings is 2. The molecule has 0 saturated carbocycles. The smallest absolute Gasteiger partial charge is 0.194 e. The van der Waals surface area contributed by atoms with Crippen molar-refractivity contribution >= 4 is 35.6 Å². The van der Waals surface area contributed by atoms with E-state index >= 15 is 0 Å². The van der Waals surface area contributed by atoms with Crippen LogP contribution in [0.3, 0.4) is 0 Å². The number of nitrogens with zero attached hydrogens (tertiary/aromatic N) is 5. The lowest BCUT2D eigenvalue weighted by Gasteiger charge is -2.37. The lowest BCUT2D eigenvalue weighted by Crippen LogP contribution is -2.52. The van der Waals surface area contributed by atoms with Gasteiger partial charge in [0.25, 0.3) is 0 Å². The fraction of sp³-hybridized carbons (Fsp3) is 0.273. The van der Waals surface area contributed by atoms with Crippen LogP contribution >= 0.6 is 24.0 Å². The summed E-state index contributed by atoms with van der Waals surface area (Å²) in [6, 6.07) is 12.6. The lowest BCUT2D eigenvalue weighted by atomic mass is 10.2. The average Bonchev–Trinajstić information content (AvgIpc) is 3.30. The molecule has 0 bridgehead atoms. The number of hydrogen-bond donors (Lipinski definition) is 2. The number of nitrogens with one attached hydrogen (secondary N) is 1. The Morgan fingerprint density at radius 2 is 1.90 bits per heavy atom. The van der Waals surface area contributed by atoms with Gasteiger partial charge in [-0.3, -0.25) is 4.99 Å². The van der Waals surface area contributed by atoms with E-state index < -0.39 is 0 Å². The molecule has 164 valence electrons. The van der Waals surface area contributed by atoms with Gasteiger partial charge in [0, 0.05) is 52.2 Å². The molecule has 0 radical (unpaired) electrons. The summed E-state index contributed by atoms with van der Waals surface area (Å²) in [6.45, 7) is 3.61. The van der Waals surface area contributed by atoms with Crippen LogP contribution < -0.4 is 10.2 Å². The summed E-state index contributed by atoms with van der Waals surface area (Å²) >= 11 is 0. The van der Waals surface area contributed by atoms with Gasteiger partial charge in [0.15, 0.2) is 5.96 Å². The molecule has 9 heteroatoms. The number of guanidine groups is 1. The van der Waals surface area contributed by atoms with Crippen LogP contribution in [-0.4, -0.2) is 58.7 Å². The highest BCUT2D eigenvalue weighted by atomic mass is 127. The molecule has 0 amide bonds. The first-order valence-electron chi connectivity index (χ1n) is 9.91. The highest BCUT2D eigenvalue weighted by molar-refractivity contribution is 14.0. The summed E-state index contributed by atoms with van der Waals surface area (Å²) in [7, 11) is 1.75. The minimum atomic E-state index is -0.293. The predicted octanol–water partition coefficient (Wildman–Crippen LogP) is 3.23. The zero-order chi connectivity index (χ0) is 20.9. The van der Waals surface area contributed by atoms with Gasteiger partial charge in [-0.25, -0.2) is 9.37 Å². The minimum Gasteiger partial charge on any atom is -0.506 e. The second-order valence-corrected chi connectivity index (χ2v) is 7.12. The van der Waals surface area contributed by atoms with Gasteiger partial charge >= 0.3 is 0 Å². The summed E-state index contributed by atoms with van der Waals surface area (Å²) in [6.07, 6.45) is 4.91. The molecule has 1 aliphatic heterocycles. The van der Waals surface area contributed by atoms with Gasteiger partial charge in [-0.2, -0.15) is 0 Å². The van der Waals surface area contributed by atoms with Crippen molar-refractivity contribution in [3.8, 4) is 11.4 Å². The summed E-state index contributed by atoms with van der Waals surface area (Å²) in [5.41, 5.74) is 2.17. The number of rotatable bonds is 4. The van der Waals surface area contributed by atoms with Gasteiger partial charge in [0.05, 0.1) is 17.7 Å². The van der Waals surface area contributed by atoms with Gasteiger partial charge < -0.3 is 24.8 Å². The molecule has 0 aliphatic carbocycles. The highest BCUT2D eigenvalue weighted by Gasteiger charge is 2.21. The zero-order valence-electron chi connectivity index (χ0n) is 17.3. The van der Waals surface area contributed by atoms with Gasteiger partial charge in [-0.05, 0) is 29.8 Å². The fourth-order valence-electron chi connectivity index (χ4n) is 3.68. The van der Waals surface area contributed by atoms with Crippen LogP contribution in [0.15, 0.2) is 66.2 Å². The monoisotopic (exact) mass is 536 g/mol. The molecular formula is C22H26FIN6O. The molecular weight excluding hydrogens is 510 g/mol. The standard InChI is InChI=1S/C22H25FN6O.HI/c1-24-22(28-12-10-27(11-13-28)20-4-2-3-5-21(20)30)26-15-17-6-7-19(18(23)14-17)29-9-8-25-16-29;/h2-9,14,16,30H,10-13,15H2,1H3,(H,24,26);1H. The number of hydrogen-bond acceptors (Lipinski definition) is 4. The molecule has 2 aromatic carbocycles. The van der Waals surface area contributed by atoms with Crippen LogP contribution in [0.1, 0.15) is 5.56 Å². The third-order valence-electron chi connectivity index (χ3n) is 5.26. The van der Waals surface area contributed by atoms with Crippen LogP contribution in [-0.2, 0) is 6.54 Å². The van der Waals surface area contributed by atoms with Crippen molar-refractivity contribution in [2.45, 2.75) is 6.54 Å². The number of anilines is 1. The predicted molar refractivity (Wildman–Crippen MR) is 131 cm³/mol. The highest BCUT2D eigenvalue weighted by Crippen LogP contribution is 2.27. The first-order valence-corrected chi connectivity index (χ1v) is 9.91. The molecule has 3 aromatic rings. The Bertz CT molecular complexity index is 1020. The zero-order valence-corrected chi connectivity index (χ0v) is 19.6. The van der Waals surface area contributed by atoms with E-state index in [2.05, 4.69) is 25.1 Å². The van der Waals surface area contributed by atoms with E-state index in [-0.39, 0.29) is 29.8 Å². The number of para-hydroxylation sites is 2. The number of piperazine rings is 1. The van der Waals surface area contributed by atoms with Crippen molar-refractivity contribution in [1.82, 2.24) is 19.8 Å². The molecule has 1 saturated heterocycles. The summed E-state index contributed by atoms with van der Waals surface area (Å²) in [4.78, 5) is 12.7. The fourth-order valence-corrected chi connectivity index (χ4v) is 3.68. The van der Waals surface area contributed by atoms with E-state index in [9.17, 15) is 9.50 Å². The Labute approximate surface area is 198 Å². The molecule has 4 rings (SSSR count). The van der Waals surface area contributed by atoms with Crippen molar-refractivity contribution in [2.75, 3.05) is 38.1 Å². The molecule has 2 N–H and O–H groups in total. The maximum Gasteiger partial charge on any atom is 0.194 e. The molecule has 2 heterocycles. The molecule has 31 heavy (non-hydrogen) atoms. The largest absolute Gasteiger partial charge is 0.506 e. The van der Waals surface area contributed by atoms with E-state index in [0.29, 0.717) is 18.0 Å². The number of phenolic OH excluding ortho intramolecular Hbond substituents is 1. The number of phenols is 1. The van der Waals surface area contributed by atoms with E-state index in [1.165, 1.54) is 6.07 Å². The third-order valence-corrected chi connectivity index (χ3v) is 5.26. The average molecular weight is 536 g/mol. The molecule has 1 aromatic heterocycles. The van der Waals surface area contributed by atoms with Crippen molar-refractivity contribution < 1.29 is 9.50 Å². The quantitative estimate of drug-likeness (QED) is 0.305. The Hall–Kier alpha value is -2.82. The second kappa shape index (κ2) is 10.5. The van der Waals surface area contributed by atoms with E-state index in [1.807, 2.05) is 24.3 Å². The molecule has 7 nitrogen and oxygen atoms in total. The second-order valence-electron chi connectivity index (χ2n) is 7.12. The Morgan fingerprint density at radius 3 is 2.55 bits per heavy atom. The molecule has 0 unspecified atom stereocenters. The first kappa shape index (κ1) is 22.9. The third kappa shape index (κ3) is 5.27. The maximum absolute atomic E-state index is 14.5. The van der Waals surface area contributed by atoms with Crippen LogP contribution in [0.25, 0.3) is 5.69 Å².